The number of aromatic carboxylic acids is 2. The van der Waals surface area contributed by atoms with E-state index in [4.69, 9.17) is 29.8 Å². The normalized spacial score (nSPS) is 11.1. The highest BCUT2D eigenvalue weighted by Gasteiger charge is 2.08. The van der Waals surface area contributed by atoms with Crippen LogP contribution in [0.3, 0.4) is 0 Å². The predicted molar refractivity (Wildman–Crippen MR) is 114 cm³/mol. The Balaban J connectivity index is 0.000000662. The van der Waals surface area contributed by atoms with Crippen LogP contribution in [0.15, 0.2) is 48.5 Å². The van der Waals surface area contributed by atoms with E-state index in [2.05, 4.69) is 9.05 Å². The summed E-state index contributed by atoms with van der Waals surface area (Å²) in [6.45, 7) is 0. The van der Waals surface area contributed by atoms with Crippen LogP contribution in [0.2, 0.25) is 0 Å². The molecule has 6 N–H and O–H groups in total. The number of carboxylic acid groups (broad SMARTS) is 2. The molecule has 2 aromatic carbocycles. The van der Waals surface area contributed by atoms with E-state index in [0.29, 0.717) is 0 Å². The fraction of sp³-hybridized carbons (Fsp3) is 0.111. The number of carboxylic acids is 2. The summed E-state index contributed by atoms with van der Waals surface area (Å²) in [7, 11) is -6.40. The molecule has 0 saturated heterocycles. The molecule has 12 nitrogen and oxygen atoms in total. The lowest BCUT2D eigenvalue weighted by Gasteiger charge is -1.98. The van der Waals surface area contributed by atoms with E-state index in [1.807, 2.05) is 0 Å². The van der Waals surface area contributed by atoms with Crippen LogP contribution in [-0.4, -0.2) is 55.9 Å². The number of hydrogen-bond donors (Lipinski definition) is 6. The van der Waals surface area contributed by atoms with Crippen molar-refractivity contribution in [1.29, 1.82) is 0 Å². The average Bonchev–Trinajstić information content (AvgIpc) is 2.72. The van der Waals surface area contributed by atoms with E-state index in [0.717, 1.165) is 25.3 Å². The third-order valence-corrected chi connectivity index (χ3v) is 4.16. The number of rotatable bonds is 6. The van der Waals surface area contributed by atoms with Crippen molar-refractivity contribution in [3.05, 3.63) is 70.8 Å². The van der Waals surface area contributed by atoms with Gasteiger partial charge < -0.3 is 29.8 Å². The molecule has 0 radical (unpaired) electrons. The maximum absolute atomic E-state index is 10.9. The summed E-state index contributed by atoms with van der Waals surface area (Å²) < 4.78 is 26.2. The van der Waals surface area contributed by atoms with E-state index in [1.54, 1.807) is 48.6 Å². The van der Waals surface area contributed by atoms with Crippen LogP contribution < -0.4 is 0 Å². The maximum Gasteiger partial charge on any atom is 0.469 e. The molecule has 0 aliphatic heterocycles. The first-order valence-electron chi connectivity index (χ1n) is 8.26. The van der Waals surface area contributed by atoms with Crippen molar-refractivity contribution < 1.29 is 57.6 Å². The van der Waals surface area contributed by atoms with Gasteiger partial charge in [0.2, 0.25) is 0 Å². The Morgan fingerprint density at radius 2 is 1.00 bits per heavy atom. The molecule has 2 rings (SSSR count). The van der Waals surface area contributed by atoms with Gasteiger partial charge in [-0.1, -0.05) is 36.4 Å². The highest BCUT2D eigenvalue weighted by Crippen LogP contribution is 2.34. The second-order valence-corrected chi connectivity index (χ2v) is 8.23. The van der Waals surface area contributed by atoms with Crippen LogP contribution in [0.4, 0.5) is 0 Å². The van der Waals surface area contributed by atoms with Gasteiger partial charge in [-0.05, 0) is 35.4 Å². The summed E-state index contributed by atoms with van der Waals surface area (Å²) in [5, 5.41) is 17.8. The second-order valence-electron chi connectivity index (χ2n) is 5.54. The Kier molecular flexibility index (Phi) is 12.5. The van der Waals surface area contributed by atoms with E-state index in [9.17, 15) is 18.7 Å². The number of hydrogen-bond acceptors (Lipinski definition) is 6. The fourth-order valence-electron chi connectivity index (χ4n) is 1.74. The monoisotopic (exact) mass is 492 g/mol. The molecule has 0 unspecified atom stereocenters. The number of carbonyl (C=O) groups is 2. The minimum Gasteiger partial charge on any atom is -0.478 e. The SMILES string of the molecule is COP(=O)(O)O.COP(=O)(O)O.O=C(O)c1cccc(C=Cc2cccc(C(=O)O)c2)c1. The minimum atomic E-state index is -4.15. The highest BCUT2D eigenvalue weighted by molar-refractivity contribution is 7.46. The molecule has 0 amide bonds. The van der Waals surface area contributed by atoms with Gasteiger partial charge in [0.15, 0.2) is 0 Å². The van der Waals surface area contributed by atoms with Crippen LogP contribution in [0.5, 0.6) is 0 Å². The first-order chi connectivity index (χ1) is 14.7. The van der Waals surface area contributed by atoms with Crippen molar-refractivity contribution in [3.8, 4) is 0 Å². The van der Waals surface area contributed by atoms with Crippen molar-refractivity contribution in [1.82, 2.24) is 0 Å². The van der Waals surface area contributed by atoms with Gasteiger partial charge in [-0.25, -0.2) is 18.7 Å². The Morgan fingerprint density at radius 3 is 1.22 bits per heavy atom. The van der Waals surface area contributed by atoms with Crippen LogP contribution in [0.25, 0.3) is 12.2 Å². The zero-order valence-electron chi connectivity index (χ0n) is 16.8. The third kappa shape index (κ3) is 14.4. The van der Waals surface area contributed by atoms with Gasteiger partial charge in [-0.15, -0.1) is 0 Å². The molecule has 32 heavy (non-hydrogen) atoms. The van der Waals surface area contributed by atoms with Gasteiger partial charge in [0, 0.05) is 14.2 Å². The highest BCUT2D eigenvalue weighted by atomic mass is 31.2. The van der Waals surface area contributed by atoms with Gasteiger partial charge in [-0.3, -0.25) is 9.05 Å². The largest absolute Gasteiger partial charge is 0.478 e. The molecule has 0 heterocycles. The zero-order chi connectivity index (χ0) is 24.9. The van der Waals surface area contributed by atoms with Gasteiger partial charge in [0.1, 0.15) is 0 Å². The summed E-state index contributed by atoms with van der Waals surface area (Å²) in [5.41, 5.74) is 1.91. The van der Waals surface area contributed by atoms with Gasteiger partial charge in [0.25, 0.3) is 0 Å². The standard InChI is InChI=1S/C16H12O4.2CH5O4P/c17-15(18)13-5-1-3-11(9-13)7-8-12-4-2-6-14(10-12)16(19)20;2*1-5-6(2,3)4/h1-10H,(H,17,18)(H,19,20);2*1H3,(H2,2,3,4). The summed E-state index contributed by atoms with van der Waals surface area (Å²) >= 11 is 0. The molecule has 0 atom stereocenters. The summed E-state index contributed by atoms with van der Waals surface area (Å²) in [6, 6.07) is 13.0. The lowest BCUT2D eigenvalue weighted by Crippen LogP contribution is -1.96. The van der Waals surface area contributed by atoms with Crippen molar-refractivity contribution in [3.63, 3.8) is 0 Å². The van der Waals surface area contributed by atoms with Gasteiger partial charge >= 0.3 is 27.6 Å². The molecule has 14 heteroatoms. The first-order valence-corrected chi connectivity index (χ1v) is 11.3. The molecule has 0 saturated carbocycles. The summed E-state index contributed by atoms with van der Waals surface area (Å²) in [5.74, 6) is -1.96. The molecule has 0 aromatic heterocycles. The lowest BCUT2D eigenvalue weighted by atomic mass is 10.1. The Bertz CT molecular complexity index is 941. The molecular weight excluding hydrogens is 470 g/mol. The quantitative estimate of drug-likeness (QED) is 0.254. The van der Waals surface area contributed by atoms with Crippen molar-refractivity contribution in [2.24, 2.45) is 0 Å². The second kappa shape index (κ2) is 13.7. The third-order valence-electron chi connectivity index (χ3n) is 3.21. The van der Waals surface area contributed by atoms with Crippen molar-refractivity contribution >= 4 is 39.7 Å². The van der Waals surface area contributed by atoms with Crippen LogP contribution in [0.1, 0.15) is 31.8 Å². The first kappa shape index (κ1) is 29.3. The lowest BCUT2D eigenvalue weighted by molar-refractivity contribution is 0.0686. The minimum absolute atomic E-state index is 0.214. The molecular formula is C18H22O12P2. The molecule has 0 spiro atoms. The topological polar surface area (TPSA) is 208 Å². The summed E-state index contributed by atoms with van der Waals surface area (Å²) in [6.07, 6.45) is 3.49. The summed E-state index contributed by atoms with van der Waals surface area (Å²) in [4.78, 5) is 52.6. The smallest absolute Gasteiger partial charge is 0.469 e. The fourth-order valence-corrected chi connectivity index (χ4v) is 1.74. The molecule has 0 aliphatic rings. The molecule has 176 valence electrons. The molecule has 0 bridgehead atoms. The number of phosphoric acid groups is 2. The molecule has 2 aromatic rings. The maximum atomic E-state index is 10.9. The Hall–Kier alpha value is -2.66. The number of benzene rings is 2. The predicted octanol–water partition coefficient (Wildman–Crippen LogP) is 2.70. The van der Waals surface area contributed by atoms with Gasteiger partial charge in [0.05, 0.1) is 11.1 Å². The molecule has 0 aliphatic carbocycles. The average molecular weight is 492 g/mol. The van der Waals surface area contributed by atoms with Crippen LogP contribution in [0, 0.1) is 0 Å². The molecule has 0 fully saturated rings. The Morgan fingerprint density at radius 1 is 0.719 bits per heavy atom. The Labute approximate surface area is 182 Å². The van der Waals surface area contributed by atoms with Gasteiger partial charge in [-0.2, -0.15) is 0 Å². The zero-order valence-corrected chi connectivity index (χ0v) is 18.6. The van der Waals surface area contributed by atoms with E-state index in [-0.39, 0.29) is 11.1 Å². The number of phosphoric ester groups is 2. The van der Waals surface area contributed by atoms with E-state index >= 15 is 0 Å². The van der Waals surface area contributed by atoms with Crippen LogP contribution in [-0.2, 0) is 18.2 Å². The van der Waals surface area contributed by atoms with Crippen LogP contribution >= 0.6 is 15.6 Å². The van der Waals surface area contributed by atoms with E-state index < -0.39 is 27.6 Å². The van der Waals surface area contributed by atoms with E-state index in [1.165, 1.54) is 12.1 Å². The van der Waals surface area contributed by atoms with Crippen molar-refractivity contribution in [2.45, 2.75) is 0 Å². The van der Waals surface area contributed by atoms with Crippen molar-refractivity contribution in [2.75, 3.05) is 14.2 Å².